The molecule has 1 unspecified atom stereocenters. The van der Waals surface area contributed by atoms with Gasteiger partial charge >= 0.3 is 5.97 Å². The molecule has 1 aromatic rings. The SMILES string of the molecule is CN1C(=Nc2ccccc2)SCC1CC(=O)O. The van der Waals surface area contributed by atoms with Crippen LogP contribution >= 0.6 is 11.8 Å². The van der Waals surface area contributed by atoms with Gasteiger partial charge in [0.15, 0.2) is 5.17 Å². The Morgan fingerprint density at radius 2 is 2.24 bits per heavy atom. The Bertz CT molecular complexity index is 433. The zero-order chi connectivity index (χ0) is 12.3. The normalized spacial score (nSPS) is 22.1. The maximum Gasteiger partial charge on any atom is 0.305 e. The fourth-order valence-corrected chi connectivity index (χ4v) is 2.87. The summed E-state index contributed by atoms with van der Waals surface area (Å²) < 4.78 is 0. The van der Waals surface area contributed by atoms with Crippen molar-refractivity contribution < 1.29 is 9.90 Å². The second-order valence-corrected chi connectivity index (χ2v) is 4.89. The number of rotatable bonds is 3. The van der Waals surface area contributed by atoms with Crippen molar-refractivity contribution in [2.75, 3.05) is 12.8 Å². The number of carbonyl (C=O) groups is 1. The van der Waals surface area contributed by atoms with Crippen LogP contribution in [0.3, 0.4) is 0 Å². The van der Waals surface area contributed by atoms with Crippen molar-refractivity contribution in [3.8, 4) is 0 Å². The molecule has 1 saturated heterocycles. The highest BCUT2D eigenvalue weighted by atomic mass is 32.2. The lowest BCUT2D eigenvalue weighted by molar-refractivity contribution is -0.137. The van der Waals surface area contributed by atoms with E-state index >= 15 is 0 Å². The number of carboxylic acids is 1. The van der Waals surface area contributed by atoms with Gasteiger partial charge in [-0.15, -0.1) is 0 Å². The van der Waals surface area contributed by atoms with Crippen molar-refractivity contribution in [2.24, 2.45) is 4.99 Å². The first-order valence-corrected chi connectivity index (χ1v) is 6.36. The minimum atomic E-state index is -0.761. The number of nitrogens with zero attached hydrogens (tertiary/aromatic N) is 2. The third kappa shape index (κ3) is 3.00. The summed E-state index contributed by atoms with van der Waals surface area (Å²) in [5, 5.41) is 9.68. The average molecular weight is 250 g/mol. The van der Waals surface area contributed by atoms with E-state index in [1.165, 1.54) is 0 Å². The van der Waals surface area contributed by atoms with Gasteiger partial charge in [0.2, 0.25) is 0 Å². The molecule has 0 aliphatic carbocycles. The second-order valence-electron chi connectivity index (χ2n) is 3.90. The number of para-hydroxylation sites is 1. The van der Waals surface area contributed by atoms with Gasteiger partial charge in [0.05, 0.1) is 18.2 Å². The van der Waals surface area contributed by atoms with Crippen molar-refractivity contribution in [3.63, 3.8) is 0 Å². The third-order valence-corrected chi connectivity index (χ3v) is 3.83. The van der Waals surface area contributed by atoms with E-state index in [9.17, 15) is 4.79 Å². The van der Waals surface area contributed by atoms with Gasteiger partial charge in [-0.1, -0.05) is 30.0 Å². The zero-order valence-corrected chi connectivity index (χ0v) is 10.4. The number of benzene rings is 1. The fraction of sp³-hybridized carbons (Fsp3) is 0.333. The van der Waals surface area contributed by atoms with E-state index in [0.717, 1.165) is 16.6 Å². The summed E-state index contributed by atoms with van der Waals surface area (Å²) in [7, 11) is 1.90. The van der Waals surface area contributed by atoms with Crippen molar-refractivity contribution in [2.45, 2.75) is 12.5 Å². The lowest BCUT2D eigenvalue weighted by atomic mass is 10.2. The summed E-state index contributed by atoms with van der Waals surface area (Å²) in [6, 6.07) is 9.74. The molecule has 2 rings (SSSR count). The predicted octanol–water partition coefficient (Wildman–Crippen LogP) is 2.20. The molecular weight excluding hydrogens is 236 g/mol. The van der Waals surface area contributed by atoms with Crippen LogP contribution in [0.25, 0.3) is 0 Å². The highest BCUT2D eigenvalue weighted by molar-refractivity contribution is 8.14. The van der Waals surface area contributed by atoms with Crippen LogP contribution in [0, 0.1) is 0 Å². The first-order valence-electron chi connectivity index (χ1n) is 5.38. The molecule has 17 heavy (non-hydrogen) atoms. The minimum absolute atomic E-state index is 0.0416. The molecule has 0 saturated carbocycles. The van der Waals surface area contributed by atoms with Crippen LogP contribution in [0.15, 0.2) is 35.3 Å². The summed E-state index contributed by atoms with van der Waals surface area (Å²) in [6.45, 7) is 0. The standard InChI is InChI=1S/C12H14N2O2S/c1-14-10(7-11(15)16)8-17-12(14)13-9-5-3-2-4-6-9/h2-6,10H,7-8H2,1H3,(H,15,16). The maximum absolute atomic E-state index is 10.7. The van der Waals surface area contributed by atoms with E-state index in [4.69, 9.17) is 5.11 Å². The highest BCUT2D eigenvalue weighted by Crippen LogP contribution is 2.27. The van der Waals surface area contributed by atoms with Crippen LogP contribution < -0.4 is 0 Å². The van der Waals surface area contributed by atoms with Crippen molar-refractivity contribution in [1.82, 2.24) is 4.90 Å². The highest BCUT2D eigenvalue weighted by Gasteiger charge is 2.28. The molecule has 1 fully saturated rings. The smallest absolute Gasteiger partial charge is 0.305 e. The van der Waals surface area contributed by atoms with Crippen molar-refractivity contribution in [3.05, 3.63) is 30.3 Å². The minimum Gasteiger partial charge on any atom is -0.481 e. The molecule has 1 aromatic carbocycles. The van der Waals surface area contributed by atoms with Crippen molar-refractivity contribution in [1.29, 1.82) is 0 Å². The van der Waals surface area contributed by atoms with Gasteiger partial charge in [0, 0.05) is 12.8 Å². The van der Waals surface area contributed by atoms with Crippen LogP contribution in [0.2, 0.25) is 0 Å². The summed E-state index contributed by atoms with van der Waals surface area (Å²) in [6.07, 6.45) is 0.164. The van der Waals surface area contributed by atoms with Crippen LogP contribution in [-0.2, 0) is 4.79 Å². The summed E-state index contributed by atoms with van der Waals surface area (Å²) in [4.78, 5) is 17.1. The Hall–Kier alpha value is -1.49. The molecule has 1 aliphatic rings. The van der Waals surface area contributed by atoms with E-state index in [2.05, 4.69) is 4.99 Å². The van der Waals surface area contributed by atoms with Gasteiger partial charge in [-0.25, -0.2) is 4.99 Å². The molecule has 0 bridgehead atoms. The maximum atomic E-state index is 10.7. The molecule has 90 valence electrons. The van der Waals surface area contributed by atoms with Crippen LogP contribution in [0.5, 0.6) is 0 Å². The van der Waals surface area contributed by atoms with E-state index in [1.807, 2.05) is 42.3 Å². The molecule has 1 N–H and O–H groups in total. The van der Waals surface area contributed by atoms with E-state index < -0.39 is 5.97 Å². The summed E-state index contributed by atoms with van der Waals surface area (Å²) in [5.41, 5.74) is 0.901. The van der Waals surface area contributed by atoms with Crippen LogP contribution in [-0.4, -0.2) is 40.0 Å². The summed E-state index contributed by atoms with van der Waals surface area (Å²) >= 11 is 1.61. The quantitative estimate of drug-likeness (QED) is 0.893. The number of carboxylic acid groups (broad SMARTS) is 1. The number of thioether (sulfide) groups is 1. The third-order valence-electron chi connectivity index (χ3n) is 2.65. The van der Waals surface area contributed by atoms with Gasteiger partial charge in [-0.3, -0.25) is 4.79 Å². The Morgan fingerprint density at radius 1 is 1.53 bits per heavy atom. The van der Waals surface area contributed by atoms with Crippen LogP contribution in [0.1, 0.15) is 6.42 Å². The monoisotopic (exact) mass is 250 g/mol. The van der Waals surface area contributed by atoms with Gasteiger partial charge in [-0.05, 0) is 12.1 Å². The molecule has 1 heterocycles. The van der Waals surface area contributed by atoms with E-state index in [0.29, 0.717) is 0 Å². The number of aliphatic carboxylic acids is 1. The Morgan fingerprint density at radius 3 is 2.88 bits per heavy atom. The van der Waals surface area contributed by atoms with Gasteiger partial charge in [-0.2, -0.15) is 0 Å². The largest absolute Gasteiger partial charge is 0.481 e. The van der Waals surface area contributed by atoms with E-state index in [1.54, 1.807) is 11.8 Å². The molecule has 1 aliphatic heterocycles. The molecule has 5 heteroatoms. The Balaban J connectivity index is 2.09. The number of hydrogen-bond acceptors (Lipinski definition) is 3. The van der Waals surface area contributed by atoms with E-state index in [-0.39, 0.29) is 12.5 Å². The lowest BCUT2D eigenvalue weighted by Crippen LogP contribution is -2.31. The van der Waals surface area contributed by atoms with Gasteiger partial charge in [0.25, 0.3) is 0 Å². The second kappa shape index (κ2) is 5.23. The lowest BCUT2D eigenvalue weighted by Gasteiger charge is -2.18. The predicted molar refractivity (Wildman–Crippen MR) is 69.8 cm³/mol. The molecule has 1 atom stereocenters. The first-order chi connectivity index (χ1) is 8.16. The molecule has 0 aromatic heterocycles. The molecule has 0 amide bonds. The molecule has 0 radical (unpaired) electrons. The first kappa shape index (κ1) is 12.0. The van der Waals surface area contributed by atoms with Gasteiger partial charge in [0.1, 0.15) is 0 Å². The summed E-state index contributed by atoms with van der Waals surface area (Å²) in [5.74, 6) is 0.0254. The average Bonchev–Trinajstić information content (AvgIpc) is 2.62. The Kier molecular flexibility index (Phi) is 3.68. The topological polar surface area (TPSA) is 52.9 Å². The fourth-order valence-electron chi connectivity index (χ4n) is 1.66. The van der Waals surface area contributed by atoms with Crippen LogP contribution in [0.4, 0.5) is 5.69 Å². The number of hydrogen-bond donors (Lipinski definition) is 1. The Labute approximate surface area is 104 Å². The zero-order valence-electron chi connectivity index (χ0n) is 9.54. The van der Waals surface area contributed by atoms with Crippen molar-refractivity contribution >= 4 is 28.6 Å². The van der Waals surface area contributed by atoms with Gasteiger partial charge < -0.3 is 10.0 Å². The number of aliphatic imine (C=N–C) groups is 1. The molecule has 4 nitrogen and oxygen atoms in total. The molecular formula is C12H14N2O2S. The number of amidine groups is 1. The molecule has 0 spiro atoms.